The van der Waals surface area contributed by atoms with E-state index in [-0.39, 0.29) is 5.91 Å². The predicted molar refractivity (Wildman–Crippen MR) is 112 cm³/mol. The Hall–Kier alpha value is -3.25. The molecule has 2 aromatic heterocycles. The van der Waals surface area contributed by atoms with E-state index in [1.807, 2.05) is 78.2 Å². The number of anilines is 1. The van der Waals surface area contributed by atoms with Crippen LogP contribution in [0.2, 0.25) is 0 Å². The second-order valence-corrected chi connectivity index (χ2v) is 7.31. The van der Waals surface area contributed by atoms with E-state index in [0.717, 1.165) is 16.0 Å². The lowest BCUT2D eigenvalue weighted by molar-refractivity contribution is 0.0890. The first-order valence-electron chi connectivity index (χ1n) is 9.15. The number of benzene rings is 2. The summed E-state index contributed by atoms with van der Waals surface area (Å²) in [6.45, 7) is 0.579. The minimum absolute atomic E-state index is 0.0743. The molecule has 0 atom stereocenters. The van der Waals surface area contributed by atoms with Gasteiger partial charge >= 0.3 is 0 Å². The highest BCUT2D eigenvalue weighted by Crippen LogP contribution is 2.23. The van der Waals surface area contributed by atoms with Gasteiger partial charge in [0.25, 0.3) is 0 Å². The first-order chi connectivity index (χ1) is 13.8. The Kier molecular flexibility index (Phi) is 5.58. The number of thiophene rings is 1. The maximum atomic E-state index is 12.9. The van der Waals surface area contributed by atoms with Gasteiger partial charge in [0, 0.05) is 13.0 Å². The fraction of sp³-hybridized carbons (Fsp3) is 0.136. The molecule has 0 radical (unpaired) electrons. The number of nitrogens with one attached hydrogen (secondary N) is 1. The lowest BCUT2D eigenvalue weighted by Gasteiger charge is -2.07. The van der Waals surface area contributed by atoms with Crippen LogP contribution in [0.15, 0.2) is 78.2 Å². The van der Waals surface area contributed by atoms with Gasteiger partial charge in [-0.1, -0.05) is 66.7 Å². The lowest BCUT2D eigenvalue weighted by atomic mass is 10.1. The molecular formula is C22H20N4OS. The number of aromatic nitrogens is 3. The molecule has 0 saturated carbocycles. The van der Waals surface area contributed by atoms with E-state index in [4.69, 9.17) is 0 Å². The standard InChI is InChI=1S/C22H20N4OS/c27-20(14-13-17-8-3-1-4-9-17)26-22(23-16-18-10-5-2-6-11-18)24-21(25-26)19-12-7-15-28-19/h1-12,15H,13-14,16H2,(H,23,24,25). The summed E-state index contributed by atoms with van der Waals surface area (Å²) in [7, 11) is 0. The van der Waals surface area contributed by atoms with Crippen molar-refractivity contribution in [2.45, 2.75) is 19.4 Å². The predicted octanol–water partition coefficient (Wildman–Crippen LogP) is 4.89. The summed E-state index contributed by atoms with van der Waals surface area (Å²) in [6, 6.07) is 23.9. The zero-order valence-corrected chi connectivity index (χ0v) is 16.1. The molecule has 140 valence electrons. The Bertz CT molecular complexity index is 1030. The Morgan fingerprint density at radius 2 is 1.64 bits per heavy atom. The molecule has 0 fully saturated rings. The summed E-state index contributed by atoms with van der Waals surface area (Å²) in [5.74, 6) is 0.971. The van der Waals surface area contributed by atoms with Gasteiger partial charge in [0.2, 0.25) is 11.9 Å². The smallest absolute Gasteiger partial charge is 0.250 e. The van der Waals surface area contributed by atoms with Crippen LogP contribution in [-0.2, 0) is 13.0 Å². The molecule has 4 aromatic rings. The molecule has 1 N–H and O–H groups in total. The fourth-order valence-corrected chi connectivity index (χ4v) is 3.54. The molecule has 2 aromatic carbocycles. The molecule has 5 nitrogen and oxygen atoms in total. The largest absolute Gasteiger partial charge is 0.350 e. The Labute approximate surface area is 167 Å². The average molecular weight is 388 g/mol. The summed E-state index contributed by atoms with van der Waals surface area (Å²) in [4.78, 5) is 18.4. The molecule has 0 aliphatic heterocycles. The van der Waals surface area contributed by atoms with Gasteiger partial charge in [-0.3, -0.25) is 4.79 Å². The highest BCUT2D eigenvalue weighted by atomic mass is 32.1. The highest BCUT2D eigenvalue weighted by molar-refractivity contribution is 7.13. The molecule has 4 rings (SSSR count). The van der Waals surface area contributed by atoms with Gasteiger partial charge < -0.3 is 5.32 Å². The lowest BCUT2D eigenvalue weighted by Crippen LogP contribution is -2.17. The second kappa shape index (κ2) is 8.63. The van der Waals surface area contributed by atoms with Crippen molar-refractivity contribution in [2.75, 3.05) is 5.32 Å². The van der Waals surface area contributed by atoms with Crippen molar-refractivity contribution in [1.82, 2.24) is 14.8 Å². The van der Waals surface area contributed by atoms with Crippen LogP contribution in [0.25, 0.3) is 10.7 Å². The Balaban J connectivity index is 1.54. The summed E-state index contributed by atoms with van der Waals surface area (Å²) in [5, 5.41) is 9.72. The third-order valence-electron chi connectivity index (χ3n) is 4.35. The SMILES string of the molecule is O=C(CCc1ccccc1)n1nc(-c2cccs2)nc1NCc1ccccc1. The van der Waals surface area contributed by atoms with Gasteiger partial charge in [-0.05, 0) is 29.0 Å². The van der Waals surface area contributed by atoms with E-state index in [1.54, 1.807) is 11.3 Å². The number of rotatable bonds is 7. The minimum atomic E-state index is -0.0743. The molecule has 2 heterocycles. The maximum Gasteiger partial charge on any atom is 0.250 e. The first kappa shape index (κ1) is 18.1. The van der Waals surface area contributed by atoms with Crippen LogP contribution >= 0.6 is 11.3 Å². The summed E-state index contributed by atoms with van der Waals surface area (Å²) >= 11 is 1.56. The van der Waals surface area contributed by atoms with E-state index in [9.17, 15) is 4.79 Å². The monoisotopic (exact) mass is 388 g/mol. The van der Waals surface area contributed by atoms with Crippen molar-refractivity contribution >= 4 is 23.2 Å². The van der Waals surface area contributed by atoms with Gasteiger partial charge in [0.05, 0.1) is 4.88 Å². The number of nitrogens with zero attached hydrogens (tertiary/aromatic N) is 3. The molecule has 0 unspecified atom stereocenters. The molecule has 28 heavy (non-hydrogen) atoms. The van der Waals surface area contributed by atoms with Gasteiger partial charge in [0.1, 0.15) is 0 Å². The van der Waals surface area contributed by atoms with E-state index in [1.165, 1.54) is 4.68 Å². The highest BCUT2D eigenvalue weighted by Gasteiger charge is 2.17. The van der Waals surface area contributed by atoms with Crippen LogP contribution in [0, 0.1) is 0 Å². The topological polar surface area (TPSA) is 59.8 Å². The molecular weight excluding hydrogens is 368 g/mol. The van der Waals surface area contributed by atoms with Crippen molar-refractivity contribution in [3.63, 3.8) is 0 Å². The molecule has 0 amide bonds. The van der Waals surface area contributed by atoms with E-state index in [0.29, 0.717) is 31.2 Å². The van der Waals surface area contributed by atoms with Crippen LogP contribution in [0.3, 0.4) is 0 Å². The number of hydrogen-bond donors (Lipinski definition) is 1. The van der Waals surface area contributed by atoms with Gasteiger partial charge in [0.15, 0.2) is 5.82 Å². The Morgan fingerprint density at radius 1 is 0.929 bits per heavy atom. The van der Waals surface area contributed by atoms with Gasteiger partial charge in [-0.15, -0.1) is 16.4 Å². The van der Waals surface area contributed by atoms with Crippen molar-refractivity contribution in [2.24, 2.45) is 0 Å². The van der Waals surface area contributed by atoms with Crippen LogP contribution in [-0.4, -0.2) is 20.7 Å². The van der Waals surface area contributed by atoms with Crippen molar-refractivity contribution in [3.05, 3.63) is 89.3 Å². The van der Waals surface area contributed by atoms with E-state index < -0.39 is 0 Å². The van der Waals surface area contributed by atoms with Crippen molar-refractivity contribution in [1.29, 1.82) is 0 Å². The normalized spacial score (nSPS) is 10.7. The first-order valence-corrected chi connectivity index (χ1v) is 10.0. The number of aryl methyl sites for hydroxylation is 1. The summed E-state index contributed by atoms with van der Waals surface area (Å²) in [6.07, 6.45) is 1.04. The van der Waals surface area contributed by atoms with Gasteiger partial charge in [-0.25, -0.2) is 0 Å². The van der Waals surface area contributed by atoms with E-state index in [2.05, 4.69) is 15.4 Å². The quantitative estimate of drug-likeness (QED) is 0.490. The number of carbonyl (C=O) groups excluding carboxylic acids is 1. The minimum Gasteiger partial charge on any atom is -0.350 e. The summed E-state index contributed by atoms with van der Waals surface area (Å²) < 4.78 is 1.40. The van der Waals surface area contributed by atoms with Gasteiger partial charge in [-0.2, -0.15) is 9.67 Å². The van der Waals surface area contributed by atoms with Crippen molar-refractivity contribution in [3.8, 4) is 10.7 Å². The zero-order chi connectivity index (χ0) is 19.2. The maximum absolute atomic E-state index is 12.9. The molecule has 0 aliphatic carbocycles. The number of carbonyl (C=O) groups is 1. The summed E-state index contributed by atoms with van der Waals surface area (Å²) in [5.41, 5.74) is 2.25. The Morgan fingerprint density at radius 3 is 2.32 bits per heavy atom. The van der Waals surface area contributed by atoms with Crippen LogP contribution in [0.4, 0.5) is 5.95 Å². The van der Waals surface area contributed by atoms with E-state index >= 15 is 0 Å². The fourth-order valence-electron chi connectivity index (χ4n) is 2.89. The molecule has 0 aliphatic rings. The van der Waals surface area contributed by atoms with Crippen LogP contribution in [0.1, 0.15) is 22.3 Å². The second-order valence-electron chi connectivity index (χ2n) is 6.37. The van der Waals surface area contributed by atoms with Crippen LogP contribution in [0.5, 0.6) is 0 Å². The molecule has 0 bridgehead atoms. The third-order valence-corrected chi connectivity index (χ3v) is 5.21. The number of hydrogen-bond acceptors (Lipinski definition) is 5. The van der Waals surface area contributed by atoms with Crippen molar-refractivity contribution < 1.29 is 4.79 Å². The molecule has 0 saturated heterocycles. The third kappa shape index (κ3) is 4.35. The molecule has 6 heteroatoms. The van der Waals surface area contributed by atoms with Crippen LogP contribution < -0.4 is 5.32 Å². The average Bonchev–Trinajstić information content (AvgIpc) is 3.42. The zero-order valence-electron chi connectivity index (χ0n) is 15.3. The molecule has 0 spiro atoms.